The van der Waals surface area contributed by atoms with Crippen LogP contribution >= 0.6 is 0 Å². The second kappa shape index (κ2) is 6.32. The van der Waals surface area contributed by atoms with E-state index in [0.717, 1.165) is 38.4 Å². The van der Waals surface area contributed by atoms with Crippen LogP contribution in [-0.2, 0) is 9.47 Å². The SMILES string of the molecule is COCC(CC1CCOCC1)NN. The molecule has 0 radical (unpaired) electrons. The number of methoxy groups -OCH3 is 1. The van der Waals surface area contributed by atoms with Gasteiger partial charge in [0.1, 0.15) is 0 Å². The maximum Gasteiger partial charge on any atom is 0.0629 e. The van der Waals surface area contributed by atoms with Gasteiger partial charge in [-0.2, -0.15) is 0 Å². The van der Waals surface area contributed by atoms with Crippen LogP contribution in [0.25, 0.3) is 0 Å². The molecule has 0 aliphatic carbocycles. The fourth-order valence-corrected chi connectivity index (χ4v) is 1.77. The van der Waals surface area contributed by atoms with Crippen molar-refractivity contribution in [1.82, 2.24) is 5.43 Å². The second-order valence-corrected chi connectivity index (χ2v) is 3.61. The first kappa shape index (κ1) is 10.9. The van der Waals surface area contributed by atoms with Gasteiger partial charge in [-0.3, -0.25) is 11.3 Å². The average Bonchev–Trinajstić information content (AvgIpc) is 2.19. The molecule has 1 heterocycles. The third-order valence-electron chi connectivity index (χ3n) is 2.56. The Morgan fingerprint density at radius 2 is 2.23 bits per heavy atom. The molecule has 0 aromatic rings. The molecule has 1 unspecified atom stereocenters. The molecule has 1 aliphatic heterocycles. The largest absolute Gasteiger partial charge is 0.383 e. The Hall–Kier alpha value is -0.160. The molecule has 1 rings (SSSR count). The zero-order chi connectivity index (χ0) is 9.52. The molecule has 1 atom stereocenters. The van der Waals surface area contributed by atoms with Crippen molar-refractivity contribution >= 4 is 0 Å². The average molecular weight is 188 g/mol. The molecular weight excluding hydrogens is 168 g/mol. The molecular formula is C9H20N2O2. The van der Waals surface area contributed by atoms with Gasteiger partial charge in [0.25, 0.3) is 0 Å². The Kier molecular flexibility index (Phi) is 5.31. The molecule has 0 aromatic carbocycles. The fraction of sp³-hybridized carbons (Fsp3) is 1.00. The third-order valence-corrected chi connectivity index (χ3v) is 2.56. The van der Waals surface area contributed by atoms with Gasteiger partial charge in [-0.05, 0) is 25.2 Å². The second-order valence-electron chi connectivity index (χ2n) is 3.61. The first-order chi connectivity index (χ1) is 6.36. The van der Waals surface area contributed by atoms with Crippen molar-refractivity contribution in [3.63, 3.8) is 0 Å². The lowest BCUT2D eigenvalue weighted by atomic mass is 9.93. The maximum atomic E-state index is 5.41. The van der Waals surface area contributed by atoms with Gasteiger partial charge in [-0.25, -0.2) is 0 Å². The van der Waals surface area contributed by atoms with Crippen LogP contribution in [0.4, 0.5) is 0 Å². The fourth-order valence-electron chi connectivity index (χ4n) is 1.77. The van der Waals surface area contributed by atoms with Crippen LogP contribution in [0.15, 0.2) is 0 Å². The summed E-state index contributed by atoms with van der Waals surface area (Å²) in [5.41, 5.74) is 2.78. The minimum atomic E-state index is 0.285. The van der Waals surface area contributed by atoms with E-state index in [9.17, 15) is 0 Å². The number of ether oxygens (including phenoxy) is 2. The van der Waals surface area contributed by atoms with E-state index in [-0.39, 0.29) is 6.04 Å². The Labute approximate surface area is 79.7 Å². The zero-order valence-electron chi connectivity index (χ0n) is 8.29. The molecule has 3 N–H and O–H groups in total. The first-order valence-electron chi connectivity index (χ1n) is 4.89. The van der Waals surface area contributed by atoms with Gasteiger partial charge < -0.3 is 9.47 Å². The minimum absolute atomic E-state index is 0.285. The van der Waals surface area contributed by atoms with Crippen molar-refractivity contribution in [2.75, 3.05) is 26.9 Å². The summed E-state index contributed by atoms with van der Waals surface area (Å²) in [5.74, 6) is 6.16. The van der Waals surface area contributed by atoms with Crippen molar-refractivity contribution < 1.29 is 9.47 Å². The van der Waals surface area contributed by atoms with Crippen molar-refractivity contribution in [3.8, 4) is 0 Å². The van der Waals surface area contributed by atoms with Gasteiger partial charge >= 0.3 is 0 Å². The zero-order valence-corrected chi connectivity index (χ0v) is 8.29. The Bertz CT molecular complexity index is 124. The predicted molar refractivity (Wildman–Crippen MR) is 51.1 cm³/mol. The molecule has 13 heavy (non-hydrogen) atoms. The highest BCUT2D eigenvalue weighted by Crippen LogP contribution is 2.19. The Morgan fingerprint density at radius 1 is 1.54 bits per heavy atom. The summed E-state index contributed by atoms with van der Waals surface area (Å²) >= 11 is 0. The standard InChI is InChI=1S/C9H20N2O2/c1-12-7-9(11-10)6-8-2-4-13-5-3-8/h8-9,11H,2-7,10H2,1H3. The summed E-state index contributed by atoms with van der Waals surface area (Å²) < 4.78 is 10.4. The summed E-state index contributed by atoms with van der Waals surface area (Å²) in [6, 6.07) is 0.285. The van der Waals surface area contributed by atoms with Crippen LogP contribution in [0.5, 0.6) is 0 Å². The molecule has 0 saturated carbocycles. The molecule has 78 valence electrons. The Balaban J connectivity index is 2.18. The third kappa shape index (κ3) is 4.04. The van der Waals surface area contributed by atoms with Gasteiger partial charge in [0, 0.05) is 26.4 Å². The van der Waals surface area contributed by atoms with E-state index in [1.807, 2.05) is 0 Å². The quantitative estimate of drug-likeness (QED) is 0.480. The van der Waals surface area contributed by atoms with Crippen molar-refractivity contribution in [1.29, 1.82) is 0 Å². The van der Waals surface area contributed by atoms with Crippen LogP contribution in [0.3, 0.4) is 0 Å². The van der Waals surface area contributed by atoms with Gasteiger partial charge in [0.15, 0.2) is 0 Å². The smallest absolute Gasteiger partial charge is 0.0629 e. The molecule has 0 aromatic heterocycles. The summed E-state index contributed by atoms with van der Waals surface area (Å²) in [7, 11) is 1.70. The highest BCUT2D eigenvalue weighted by atomic mass is 16.5. The monoisotopic (exact) mass is 188 g/mol. The normalized spacial score (nSPS) is 21.7. The van der Waals surface area contributed by atoms with Gasteiger partial charge in [0.05, 0.1) is 6.61 Å². The number of rotatable bonds is 5. The van der Waals surface area contributed by atoms with E-state index < -0.39 is 0 Å². The summed E-state index contributed by atoms with van der Waals surface area (Å²) in [6.45, 7) is 2.48. The number of hydrogen-bond acceptors (Lipinski definition) is 4. The van der Waals surface area contributed by atoms with E-state index in [4.69, 9.17) is 15.3 Å². The van der Waals surface area contributed by atoms with Crippen LogP contribution in [0.1, 0.15) is 19.3 Å². The maximum absolute atomic E-state index is 5.41. The Morgan fingerprint density at radius 3 is 2.77 bits per heavy atom. The van der Waals surface area contributed by atoms with Crippen molar-refractivity contribution in [2.45, 2.75) is 25.3 Å². The lowest BCUT2D eigenvalue weighted by Crippen LogP contribution is -2.40. The number of hydrazine groups is 1. The van der Waals surface area contributed by atoms with Gasteiger partial charge in [0.2, 0.25) is 0 Å². The molecule has 0 bridgehead atoms. The molecule has 4 heteroatoms. The van der Waals surface area contributed by atoms with E-state index >= 15 is 0 Å². The first-order valence-corrected chi connectivity index (χ1v) is 4.89. The molecule has 4 nitrogen and oxygen atoms in total. The lowest BCUT2D eigenvalue weighted by Gasteiger charge is -2.25. The predicted octanol–water partition coefficient (Wildman–Crippen LogP) is 0.281. The summed E-state index contributed by atoms with van der Waals surface area (Å²) in [6.07, 6.45) is 3.40. The summed E-state index contributed by atoms with van der Waals surface area (Å²) in [4.78, 5) is 0. The van der Waals surface area contributed by atoms with Crippen LogP contribution in [0, 0.1) is 5.92 Å². The number of nitrogens with one attached hydrogen (secondary N) is 1. The van der Waals surface area contributed by atoms with Crippen LogP contribution in [0.2, 0.25) is 0 Å². The molecule has 1 aliphatic rings. The number of hydrogen-bond donors (Lipinski definition) is 2. The minimum Gasteiger partial charge on any atom is -0.383 e. The highest BCUT2D eigenvalue weighted by molar-refractivity contribution is 4.71. The van der Waals surface area contributed by atoms with Crippen LogP contribution < -0.4 is 11.3 Å². The van der Waals surface area contributed by atoms with Gasteiger partial charge in [-0.15, -0.1) is 0 Å². The van der Waals surface area contributed by atoms with E-state index in [0.29, 0.717) is 6.61 Å². The van der Waals surface area contributed by atoms with E-state index in [1.165, 1.54) is 0 Å². The molecule has 0 amide bonds. The van der Waals surface area contributed by atoms with E-state index in [1.54, 1.807) is 7.11 Å². The summed E-state index contributed by atoms with van der Waals surface area (Å²) in [5, 5.41) is 0. The van der Waals surface area contributed by atoms with Gasteiger partial charge in [-0.1, -0.05) is 0 Å². The topological polar surface area (TPSA) is 56.5 Å². The lowest BCUT2D eigenvalue weighted by molar-refractivity contribution is 0.0550. The molecule has 0 spiro atoms. The molecule has 1 fully saturated rings. The van der Waals surface area contributed by atoms with Crippen LogP contribution in [-0.4, -0.2) is 33.0 Å². The molecule has 1 saturated heterocycles. The number of nitrogens with two attached hydrogens (primary N) is 1. The van der Waals surface area contributed by atoms with Crippen molar-refractivity contribution in [3.05, 3.63) is 0 Å². The van der Waals surface area contributed by atoms with Crippen molar-refractivity contribution in [2.24, 2.45) is 11.8 Å². The van der Waals surface area contributed by atoms with E-state index in [2.05, 4.69) is 5.43 Å². The highest BCUT2D eigenvalue weighted by Gasteiger charge is 2.18.